The van der Waals surface area contributed by atoms with Crippen LogP contribution < -0.4 is 11.2 Å². The van der Waals surface area contributed by atoms with Crippen LogP contribution in [0.1, 0.15) is 0 Å². The summed E-state index contributed by atoms with van der Waals surface area (Å²) in [7, 11) is 0. The lowest BCUT2D eigenvalue weighted by molar-refractivity contribution is 0.897. The van der Waals surface area contributed by atoms with E-state index in [-0.39, 0.29) is 5.69 Å². The number of rotatable bonds is 1. The predicted molar refractivity (Wildman–Crippen MR) is 63.6 cm³/mol. The lowest BCUT2D eigenvalue weighted by atomic mass is 10.2. The van der Waals surface area contributed by atoms with Crippen molar-refractivity contribution in [2.24, 2.45) is 0 Å². The third kappa shape index (κ3) is 2.07. The summed E-state index contributed by atoms with van der Waals surface area (Å²) in [6.07, 6.45) is 0. The van der Waals surface area contributed by atoms with Crippen molar-refractivity contribution >= 4 is 27.5 Å². The van der Waals surface area contributed by atoms with Gasteiger partial charge in [0.1, 0.15) is 0 Å². The predicted octanol–water partition coefficient (Wildman–Crippen LogP) is 1.54. The van der Waals surface area contributed by atoms with Gasteiger partial charge in [-0.25, -0.2) is 9.89 Å². The number of hydrogen-bond donors (Lipinski definition) is 2. The Morgan fingerprint density at radius 1 is 1.31 bits per heavy atom. The van der Waals surface area contributed by atoms with Crippen LogP contribution >= 0.6 is 27.5 Å². The first-order valence-electron chi connectivity index (χ1n) is 4.22. The highest BCUT2D eigenvalue weighted by Crippen LogP contribution is 2.26. The molecule has 16 heavy (non-hydrogen) atoms. The van der Waals surface area contributed by atoms with Gasteiger partial charge in [0, 0.05) is 10.0 Å². The van der Waals surface area contributed by atoms with Gasteiger partial charge in [0.15, 0.2) is 5.69 Å². The van der Waals surface area contributed by atoms with Gasteiger partial charge in [-0.2, -0.15) is 5.10 Å². The molecule has 0 aliphatic carbocycles. The van der Waals surface area contributed by atoms with E-state index in [2.05, 4.69) is 31.1 Å². The highest BCUT2D eigenvalue weighted by atomic mass is 79.9. The Hall–Kier alpha value is -1.40. The average molecular weight is 303 g/mol. The number of aromatic nitrogens is 3. The lowest BCUT2D eigenvalue weighted by Gasteiger charge is -2.02. The monoisotopic (exact) mass is 301 g/mol. The first-order chi connectivity index (χ1) is 7.58. The topological polar surface area (TPSA) is 78.6 Å². The van der Waals surface area contributed by atoms with E-state index in [0.717, 1.165) is 4.47 Å². The van der Waals surface area contributed by atoms with Gasteiger partial charge in [0.2, 0.25) is 0 Å². The number of aromatic amines is 2. The molecule has 0 aliphatic heterocycles. The maximum absolute atomic E-state index is 11.5. The molecular weight excluding hydrogens is 297 g/mol. The van der Waals surface area contributed by atoms with Gasteiger partial charge < -0.3 is 0 Å². The average Bonchev–Trinajstić information content (AvgIpc) is 2.22. The van der Waals surface area contributed by atoms with Gasteiger partial charge in [-0.1, -0.05) is 27.5 Å². The number of halogens is 2. The van der Waals surface area contributed by atoms with Crippen molar-refractivity contribution in [1.29, 1.82) is 0 Å². The normalized spacial score (nSPS) is 10.4. The Bertz CT molecular complexity index is 650. The van der Waals surface area contributed by atoms with Crippen LogP contribution in [0.2, 0.25) is 5.02 Å². The van der Waals surface area contributed by atoms with E-state index < -0.39 is 11.2 Å². The molecule has 0 atom stereocenters. The number of nitrogens with zero attached hydrogens (tertiary/aromatic N) is 1. The number of nitrogens with one attached hydrogen (secondary N) is 2. The van der Waals surface area contributed by atoms with Gasteiger partial charge in [-0.3, -0.25) is 9.78 Å². The summed E-state index contributed by atoms with van der Waals surface area (Å²) in [6.45, 7) is 0. The van der Waals surface area contributed by atoms with Gasteiger partial charge in [0.25, 0.3) is 5.56 Å². The summed E-state index contributed by atoms with van der Waals surface area (Å²) in [5.74, 6) is 0. The van der Waals surface area contributed by atoms with Crippen LogP contribution in [0, 0.1) is 0 Å². The minimum absolute atomic E-state index is 0.0749. The van der Waals surface area contributed by atoms with Crippen molar-refractivity contribution in [2.75, 3.05) is 0 Å². The highest BCUT2D eigenvalue weighted by Gasteiger charge is 2.10. The summed E-state index contributed by atoms with van der Waals surface area (Å²) >= 11 is 9.20. The van der Waals surface area contributed by atoms with Crippen LogP contribution in [0.4, 0.5) is 0 Å². The molecule has 7 heteroatoms. The highest BCUT2D eigenvalue weighted by molar-refractivity contribution is 9.10. The molecule has 2 N–H and O–H groups in total. The van der Waals surface area contributed by atoms with Gasteiger partial charge >= 0.3 is 5.69 Å². The smallest absolute Gasteiger partial charge is 0.271 e. The number of benzene rings is 1. The van der Waals surface area contributed by atoms with Gasteiger partial charge in [0.05, 0.1) is 5.02 Å². The first-order valence-corrected chi connectivity index (χ1v) is 5.39. The molecule has 0 aliphatic rings. The van der Waals surface area contributed by atoms with E-state index in [4.69, 9.17) is 11.6 Å². The quantitative estimate of drug-likeness (QED) is 0.838. The van der Waals surface area contributed by atoms with E-state index in [1.807, 2.05) is 0 Å². The lowest BCUT2D eigenvalue weighted by Crippen LogP contribution is -2.25. The summed E-state index contributed by atoms with van der Waals surface area (Å²) in [5, 5.41) is 6.20. The molecule has 0 saturated carbocycles. The van der Waals surface area contributed by atoms with E-state index in [9.17, 15) is 9.59 Å². The van der Waals surface area contributed by atoms with Crippen molar-refractivity contribution in [3.05, 3.63) is 48.5 Å². The molecule has 0 radical (unpaired) electrons. The minimum atomic E-state index is -0.653. The second-order valence-corrected chi connectivity index (χ2v) is 4.30. The van der Waals surface area contributed by atoms with Gasteiger partial charge in [-0.05, 0) is 18.2 Å². The Labute approximate surface area is 103 Å². The molecule has 1 heterocycles. The van der Waals surface area contributed by atoms with E-state index in [1.165, 1.54) is 0 Å². The first kappa shape index (κ1) is 11.1. The summed E-state index contributed by atoms with van der Waals surface area (Å²) in [6, 6.07) is 5.02. The van der Waals surface area contributed by atoms with Crippen molar-refractivity contribution in [3.8, 4) is 11.3 Å². The van der Waals surface area contributed by atoms with Crippen LogP contribution in [-0.4, -0.2) is 15.2 Å². The minimum Gasteiger partial charge on any atom is -0.271 e. The number of H-pyrrole nitrogens is 2. The zero-order valence-corrected chi connectivity index (χ0v) is 10.1. The fourth-order valence-electron chi connectivity index (χ4n) is 1.21. The fourth-order valence-corrected chi connectivity index (χ4v) is 1.78. The van der Waals surface area contributed by atoms with Crippen LogP contribution in [0.5, 0.6) is 0 Å². The zero-order valence-electron chi connectivity index (χ0n) is 7.75. The Morgan fingerprint density at radius 3 is 2.75 bits per heavy atom. The van der Waals surface area contributed by atoms with Crippen molar-refractivity contribution in [2.45, 2.75) is 0 Å². The molecule has 0 unspecified atom stereocenters. The Morgan fingerprint density at radius 2 is 2.06 bits per heavy atom. The molecule has 2 aromatic rings. The largest absolute Gasteiger partial charge is 0.342 e. The SMILES string of the molecule is O=c1[nH]nc(-c2cc(Br)ccc2Cl)c(=O)[nH]1. The molecule has 0 saturated heterocycles. The molecule has 82 valence electrons. The second kappa shape index (κ2) is 4.23. The van der Waals surface area contributed by atoms with Crippen molar-refractivity contribution in [3.63, 3.8) is 0 Å². The van der Waals surface area contributed by atoms with Crippen molar-refractivity contribution < 1.29 is 0 Å². The molecule has 1 aromatic heterocycles. The molecule has 0 fully saturated rings. The summed E-state index contributed by atoms with van der Waals surface area (Å²) in [4.78, 5) is 24.4. The molecule has 0 amide bonds. The maximum Gasteiger partial charge on any atom is 0.342 e. The third-order valence-electron chi connectivity index (χ3n) is 1.89. The van der Waals surface area contributed by atoms with E-state index in [1.54, 1.807) is 18.2 Å². The zero-order chi connectivity index (χ0) is 11.7. The molecular formula is C9H5BrClN3O2. The van der Waals surface area contributed by atoms with E-state index >= 15 is 0 Å². The summed E-state index contributed by atoms with van der Waals surface area (Å²) in [5.41, 5.74) is -0.705. The van der Waals surface area contributed by atoms with Crippen molar-refractivity contribution in [1.82, 2.24) is 15.2 Å². The molecule has 0 bridgehead atoms. The van der Waals surface area contributed by atoms with Crippen LogP contribution in [0.15, 0.2) is 32.3 Å². The molecule has 5 nitrogen and oxygen atoms in total. The molecule has 2 rings (SSSR count). The maximum atomic E-state index is 11.5. The summed E-state index contributed by atoms with van der Waals surface area (Å²) < 4.78 is 0.763. The van der Waals surface area contributed by atoms with E-state index in [0.29, 0.717) is 10.6 Å². The number of hydrogen-bond acceptors (Lipinski definition) is 3. The third-order valence-corrected chi connectivity index (χ3v) is 2.72. The standard InChI is InChI=1S/C9H5BrClN3O2/c10-4-1-2-6(11)5(3-4)7-8(15)12-9(16)14-13-7/h1-3H,(H2,12,14,15,16). The Kier molecular flexibility index (Phi) is 2.93. The molecule has 0 spiro atoms. The fraction of sp³-hybridized carbons (Fsp3) is 0. The molecule has 1 aromatic carbocycles. The second-order valence-electron chi connectivity index (χ2n) is 2.98. The Balaban J connectivity index is 2.72. The van der Waals surface area contributed by atoms with Gasteiger partial charge in [-0.15, -0.1) is 0 Å². The van der Waals surface area contributed by atoms with Crippen LogP contribution in [0.3, 0.4) is 0 Å². The van der Waals surface area contributed by atoms with Crippen LogP contribution in [0.25, 0.3) is 11.3 Å². The van der Waals surface area contributed by atoms with Crippen LogP contribution in [-0.2, 0) is 0 Å².